The van der Waals surface area contributed by atoms with Crippen LogP contribution in [0.2, 0.25) is 5.02 Å². The smallest absolute Gasteiger partial charge is 0.325 e. The second-order valence-electron chi connectivity index (χ2n) is 5.96. The number of nitrogens with zero attached hydrogens (tertiary/aromatic N) is 2. The highest BCUT2D eigenvalue weighted by Crippen LogP contribution is 2.45. The maximum absolute atomic E-state index is 11.9. The molecule has 0 bridgehead atoms. The molecule has 1 N–H and O–H groups in total. The summed E-state index contributed by atoms with van der Waals surface area (Å²) in [6.45, 7) is -0.585. The fraction of sp³-hybridized carbons (Fsp3) is 0.0952. The van der Waals surface area contributed by atoms with Crippen molar-refractivity contribution in [2.24, 2.45) is 5.29 Å². The summed E-state index contributed by atoms with van der Waals surface area (Å²) < 4.78 is 0. The molecule has 0 unspecified atom stereocenters. The first-order valence-corrected chi connectivity index (χ1v) is 8.67. The predicted molar refractivity (Wildman–Crippen MR) is 104 cm³/mol. The Bertz CT molecular complexity index is 893. The fourth-order valence-electron chi connectivity index (χ4n) is 3.36. The van der Waals surface area contributed by atoms with Crippen LogP contribution in [0, 0.1) is 4.91 Å². The Morgan fingerprint density at radius 1 is 0.889 bits per heavy atom. The number of halogens is 1. The van der Waals surface area contributed by atoms with Gasteiger partial charge < -0.3 is 5.11 Å². The summed E-state index contributed by atoms with van der Waals surface area (Å²) in [5, 5.41) is 14.0. The average molecular weight is 381 g/mol. The van der Waals surface area contributed by atoms with Crippen molar-refractivity contribution in [2.75, 3.05) is 6.54 Å². The van der Waals surface area contributed by atoms with Crippen LogP contribution < -0.4 is 0 Å². The van der Waals surface area contributed by atoms with Crippen LogP contribution in [0.5, 0.6) is 0 Å². The van der Waals surface area contributed by atoms with E-state index in [9.17, 15) is 14.8 Å². The largest absolute Gasteiger partial charge is 0.480 e. The molecule has 0 saturated carbocycles. The molecule has 0 aromatic heterocycles. The number of aliphatic carboxylic acids is 1. The minimum atomic E-state index is -1.29. The van der Waals surface area contributed by atoms with E-state index in [1.165, 1.54) is 0 Å². The first kappa shape index (κ1) is 18.6. The van der Waals surface area contributed by atoms with Gasteiger partial charge in [-0.1, -0.05) is 90.5 Å². The van der Waals surface area contributed by atoms with Crippen LogP contribution in [0.15, 0.2) is 90.2 Å². The lowest BCUT2D eigenvalue weighted by Crippen LogP contribution is -2.47. The molecule has 0 fully saturated rings. The number of carbonyl (C=O) groups is 1. The van der Waals surface area contributed by atoms with E-state index in [0.717, 1.165) is 5.01 Å². The number of carboxylic acids is 1. The molecular formula is C21H17ClN2O3. The van der Waals surface area contributed by atoms with Crippen LogP contribution in [0.4, 0.5) is 0 Å². The lowest BCUT2D eigenvalue weighted by atomic mass is 9.76. The predicted octanol–water partition coefficient (Wildman–Crippen LogP) is 4.70. The third-order valence-corrected chi connectivity index (χ3v) is 4.75. The summed E-state index contributed by atoms with van der Waals surface area (Å²) in [4.78, 5) is 23.4. The molecule has 0 amide bonds. The topological polar surface area (TPSA) is 70.0 Å². The average Bonchev–Trinajstić information content (AvgIpc) is 2.70. The van der Waals surface area contributed by atoms with Crippen LogP contribution in [0.3, 0.4) is 0 Å². The highest BCUT2D eigenvalue weighted by atomic mass is 35.5. The summed E-state index contributed by atoms with van der Waals surface area (Å²) >= 11 is 6.53. The van der Waals surface area contributed by atoms with Gasteiger partial charge in [-0.25, -0.2) is 5.01 Å². The molecule has 0 atom stereocenters. The molecule has 3 aromatic carbocycles. The van der Waals surface area contributed by atoms with Crippen molar-refractivity contribution >= 4 is 17.6 Å². The van der Waals surface area contributed by atoms with Crippen LogP contribution in [0.25, 0.3) is 0 Å². The molecule has 6 heteroatoms. The summed E-state index contributed by atoms with van der Waals surface area (Å²) in [6.07, 6.45) is 0. The van der Waals surface area contributed by atoms with E-state index < -0.39 is 18.1 Å². The monoisotopic (exact) mass is 380 g/mol. The minimum absolute atomic E-state index is 0.407. The molecule has 0 saturated heterocycles. The van der Waals surface area contributed by atoms with Crippen LogP contribution in [-0.2, 0) is 10.3 Å². The van der Waals surface area contributed by atoms with E-state index in [-0.39, 0.29) is 0 Å². The van der Waals surface area contributed by atoms with Gasteiger partial charge >= 0.3 is 5.97 Å². The highest BCUT2D eigenvalue weighted by Gasteiger charge is 2.45. The van der Waals surface area contributed by atoms with Gasteiger partial charge in [0.2, 0.25) is 0 Å². The normalized spacial score (nSPS) is 11.0. The summed E-state index contributed by atoms with van der Waals surface area (Å²) in [7, 11) is 0. The van der Waals surface area contributed by atoms with Gasteiger partial charge in [-0.15, -0.1) is 4.91 Å². The maximum atomic E-state index is 11.9. The van der Waals surface area contributed by atoms with Crippen LogP contribution in [-0.4, -0.2) is 22.6 Å². The molecule has 3 rings (SSSR count). The van der Waals surface area contributed by atoms with Gasteiger partial charge in [0, 0.05) is 10.6 Å². The van der Waals surface area contributed by atoms with E-state index in [1.807, 2.05) is 60.7 Å². The molecule has 5 nitrogen and oxygen atoms in total. The molecule has 0 aliphatic rings. The molecule has 0 radical (unpaired) electrons. The Morgan fingerprint density at radius 3 is 1.81 bits per heavy atom. The Hall–Kier alpha value is -3.18. The van der Waals surface area contributed by atoms with E-state index in [2.05, 4.69) is 5.29 Å². The molecule has 0 aliphatic carbocycles. The number of rotatable bonds is 7. The van der Waals surface area contributed by atoms with Crippen molar-refractivity contribution in [1.29, 1.82) is 0 Å². The fourth-order valence-corrected chi connectivity index (χ4v) is 3.64. The number of benzene rings is 3. The minimum Gasteiger partial charge on any atom is -0.480 e. The molecule has 0 spiro atoms. The van der Waals surface area contributed by atoms with Gasteiger partial charge in [0.1, 0.15) is 12.1 Å². The number of hydrogen-bond donors (Lipinski definition) is 1. The van der Waals surface area contributed by atoms with Crippen molar-refractivity contribution < 1.29 is 9.90 Å². The lowest BCUT2D eigenvalue weighted by molar-refractivity contribution is -0.139. The third kappa shape index (κ3) is 3.41. The van der Waals surface area contributed by atoms with E-state index in [4.69, 9.17) is 11.6 Å². The van der Waals surface area contributed by atoms with Crippen molar-refractivity contribution in [2.45, 2.75) is 5.54 Å². The van der Waals surface area contributed by atoms with Gasteiger partial charge in [-0.2, -0.15) is 0 Å². The molecule has 27 heavy (non-hydrogen) atoms. The zero-order chi connectivity index (χ0) is 19.3. The van der Waals surface area contributed by atoms with E-state index in [1.54, 1.807) is 24.3 Å². The summed E-state index contributed by atoms with van der Waals surface area (Å²) in [6, 6.07) is 25.4. The Labute approximate surface area is 161 Å². The van der Waals surface area contributed by atoms with Crippen molar-refractivity contribution in [3.8, 4) is 0 Å². The second kappa shape index (κ2) is 8.01. The van der Waals surface area contributed by atoms with Gasteiger partial charge in [-0.05, 0) is 17.2 Å². The van der Waals surface area contributed by atoms with Gasteiger partial charge in [0.05, 0.1) is 5.29 Å². The van der Waals surface area contributed by atoms with Gasteiger partial charge in [0.25, 0.3) is 0 Å². The third-order valence-electron chi connectivity index (χ3n) is 4.42. The summed E-state index contributed by atoms with van der Waals surface area (Å²) in [5.74, 6) is -1.17. The quantitative estimate of drug-likeness (QED) is 0.366. The van der Waals surface area contributed by atoms with Crippen molar-refractivity contribution in [3.05, 3.63) is 112 Å². The second-order valence-corrected chi connectivity index (χ2v) is 6.36. The molecular weight excluding hydrogens is 364 g/mol. The Kier molecular flexibility index (Phi) is 5.52. The molecule has 0 heterocycles. The lowest BCUT2D eigenvalue weighted by Gasteiger charge is -2.41. The molecule has 136 valence electrons. The van der Waals surface area contributed by atoms with E-state index >= 15 is 0 Å². The first-order valence-electron chi connectivity index (χ1n) is 8.29. The number of nitroso groups, excluding NO2 is 1. The van der Waals surface area contributed by atoms with Crippen molar-refractivity contribution in [1.82, 2.24) is 5.01 Å². The number of carboxylic acid groups (broad SMARTS) is 1. The first-order chi connectivity index (χ1) is 13.1. The standard InChI is InChI=1S/C21H17ClN2O3/c22-19-14-8-7-13-18(19)21(16-9-3-1-4-10-16,17-11-5-2-6-12-17)24(23-27)15-20(25)26/h1-14H,15H2,(H,25,26). The zero-order valence-corrected chi connectivity index (χ0v) is 15.1. The maximum Gasteiger partial charge on any atom is 0.325 e. The Morgan fingerprint density at radius 2 is 1.37 bits per heavy atom. The van der Waals surface area contributed by atoms with E-state index in [0.29, 0.717) is 21.7 Å². The van der Waals surface area contributed by atoms with Gasteiger partial charge in [-0.3, -0.25) is 4.79 Å². The summed E-state index contributed by atoms with van der Waals surface area (Å²) in [5.41, 5.74) is 0.654. The van der Waals surface area contributed by atoms with Crippen LogP contribution >= 0.6 is 11.6 Å². The van der Waals surface area contributed by atoms with Crippen molar-refractivity contribution in [3.63, 3.8) is 0 Å². The molecule has 0 aliphatic heterocycles. The number of hydrogen-bond acceptors (Lipinski definition) is 3. The van der Waals surface area contributed by atoms with Gasteiger partial charge in [0.15, 0.2) is 0 Å². The zero-order valence-electron chi connectivity index (χ0n) is 14.3. The van der Waals surface area contributed by atoms with Crippen LogP contribution in [0.1, 0.15) is 16.7 Å². The SMILES string of the molecule is O=NN(CC(=O)O)C(c1ccccc1)(c1ccccc1)c1ccccc1Cl. The molecule has 3 aromatic rings. The highest BCUT2D eigenvalue weighted by molar-refractivity contribution is 6.31. The Balaban J connectivity index is 2.44.